The third kappa shape index (κ3) is 3.45. The quantitative estimate of drug-likeness (QED) is 0.715. The molecular weight excluding hydrogens is 357 g/mol. The summed E-state index contributed by atoms with van der Waals surface area (Å²) in [5.41, 5.74) is 1.01. The van der Waals surface area contributed by atoms with Crippen LogP contribution in [0.4, 0.5) is 10.1 Å². The van der Waals surface area contributed by atoms with Crippen molar-refractivity contribution in [2.45, 2.75) is 30.1 Å². The Morgan fingerprint density at radius 3 is 2.62 bits per heavy atom. The molecule has 0 unspecified atom stereocenters. The monoisotopic (exact) mass is 373 g/mol. The molecule has 1 heterocycles. The van der Waals surface area contributed by atoms with Gasteiger partial charge in [-0.25, -0.2) is 12.8 Å². The van der Waals surface area contributed by atoms with Gasteiger partial charge in [-0.2, -0.15) is 4.98 Å². The average Bonchev–Trinajstić information content (AvgIpc) is 3.36. The van der Waals surface area contributed by atoms with Gasteiger partial charge >= 0.3 is 0 Å². The Morgan fingerprint density at radius 2 is 1.85 bits per heavy atom. The van der Waals surface area contributed by atoms with Crippen LogP contribution in [0.3, 0.4) is 0 Å². The first-order chi connectivity index (χ1) is 12.5. The molecule has 0 amide bonds. The maximum absolute atomic E-state index is 13.9. The average molecular weight is 373 g/mol. The summed E-state index contributed by atoms with van der Waals surface area (Å²) in [5, 5.41) is 3.96. The fourth-order valence-corrected chi connectivity index (χ4v) is 3.83. The number of benzene rings is 2. The first-order valence-corrected chi connectivity index (χ1v) is 9.69. The minimum Gasteiger partial charge on any atom is -0.339 e. The zero-order valence-electron chi connectivity index (χ0n) is 13.7. The lowest BCUT2D eigenvalue weighted by molar-refractivity contribution is 0.379. The van der Waals surface area contributed by atoms with Gasteiger partial charge < -0.3 is 4.52 Å². The van der Waals surface area contributed by atoms with Crippen LogP contribution in [-0.4, -0.2) is 18.6 Å². The molecule has 26 heavy (non-hydrogen) atoms. The molecule has 4 rings (SSSR count). The molecule has 1 N–H and O–H groups in total. The number of aromatic nitrogens is 2. The molecule has 2 aromatic carbocycles. The van der Waals surface area contributed by atoms with Crippen LogP contribution in [0.2, 0.25) is 0 Å². The van der Waals surface area contributed by atoms with Crippen LogP contribution in [0, 0.1) is 5.82 Å². The van der Waals surface area contributed by atoms with Gasteiger partial charge in [0, 0.05) is 5.92 Å². The smallest absolute Gasteiger partial charge is 0.264 e. The Kier molecular flexibility index (Phi) is 4.20. The van der Waals surface area contributed by atoms with Crippen LogP contribution in [0.25, 0.3) is 0 Å². The van der Waals surface area contributed by atoms with E-state index in [0.29, 0.717) is 28.9 Å². The zero-order chi connectivity index (χ0) is 18.1. The van der Waals surface area contributed by atoms with E-state index in [9.17, 15) is 12.8 Å². The number of sulfonamides is 1. The second-order valence-electron chi connectivity index (χ2n) is 6.19. The molecule has 3 aromatic rings. The minimum atomic E-state index is -4.05. The molecule has 1 fully saturated rings. The van der Waals surface area contributed by atoms with Crippen molar-refractivity contribution in [3.8, 4) is 0 Å². The van der Waals surface area contributed by atoms with E-state index in [0.717, 1.165) is 18.9 Å². The lowest BCUT2D eigenvalue weighted by atomic mass is 10.1. The van der Waals surface area contributed by atoms with Gasteiger partial charge in [-0.1, -0.05) is 35.5 Å². The second-order valence-corrected chi connectivity index (χ2v) is 7.84. The van der Waals surface area contributed by atoms with Gasteiger partial charge in [-0.3, -0.25) is 4.72 Å². The number of rotatable bonds is 6. The van der Waals surface area contributed by atoms with Gasteiger partial charge in [0.2, 0.25) is 5.89 Å². The molecule has 0 radical (unpaired) electrons. The standard InChI is InChI=1S/C18H16FN3O3S/c19-14-6-2-4-8-16(14)26(23,24)22-15-7-3-1-5-13(15)11-17-20-18(21-25-17)12-9-10-12/h1-8,12,22H,9-11H2. The highest BCUT2D eigenvalue weighted by Gasteiger charge is 2.29. The van der Waals surface area contributed by atoms with Gasteiger partial charge in [0.1, 0.15) is 10.7 Å². The van der Waals surface area contributed by atoms with E-state index in [4.69, 9.17) is 4.52 Å². The molecule has 6 nitrogen and oxygen atoms in total. The molecule has 1 saturated carbocycles. The Balaban J connectivity index is 1.60. The van der Waals surface area contributed by atoms with Crippen LogP contribution >= 0.6 is 0 Å². The predicted octanol–water partition coefficient (Wildman–Crippen LogP) is 3.48. The van der Waals surface area contributed by atoms with Gasteiger partial charge in [-0.05, 0) is 36.6 Å². The van der Waals surface area contributed by atoms with Crippen LogP contribution in [0.5, 0.6) is 0 Å². The Hall–Kier alpha value is -2.74. The molecule has 8 heteroatoms. The first-order valence-electron chi connectivity index (χ1n) is 8.21. The van der Waals surface area contributed by atoms with Crippen molar-refractivity contribution in [3.63, 3.8) is 0 Å². The summed E-state index contributed by atoms with van der Waals surface area (Å²) >= 11 is 0. The number of para-hydroxylation sites is 1. The van der Waals surface area contributed by atoms with E-state index >= 15 is 0 Å². The molecule has 0 spiro atoms. The Bertz CT molecular complexity index is 1050. The molecule has 0 atom stereocenters. The molecule has 1 aliphatic carbocycles. The van der Waals surface area contributed by atoms with Crippen LogP contribution in [0.1, 0.15) is 36.0 Å². The summed E-state index contributed by atoms with van der Waals surface area (Å²) in [4.78, 5) is 3.96. The van der Waals surface area contributed by atoms with Gasteiger partial charge in [0.05, 0.1) is 12.1 Å². The highest BCUT2D eigenvalue weighted by Crippen LogP contribution is 2.38. The van der Waals surface area contributed by atoms with Crippen LogP contribution in [-0.2, 0) is 16.4 Å². The Morgan fingerprint density at radius 1 is 1.12 bits per heavy atom. The molecule has 0 saturated heterocycles. The zero-order valence-corrected chi connectivity index (χ0v) is 14.5. The summed E-state index contributed by atoms with van der Waals surface area (Å²) in [6.45, 7) is 0. The van der Waals surface area contributed by atoms with Crippen molar-refractivity contribution in [1.29, 1.82) is 0 Å². The molecule has 1 aliphatic rings. The number of hydrogen-bond donors (Lipinski definition) is 1. The van der Waals surface area contributed by atoms with E-state index in [2.05, 4.69) is 14.9 Å². The number of hydrogen-bond acceptors (Lipinski definition) is 5. The molecular formula is C18H16FN3O3S. The topological polar surface area (TPSA) is 85.1 Å². The van der Waals surface area contributed by atoms with Crippen molar-refractivity contribution in [2.75, 3.05) is 4.72 Å². The summed E-state index contributed by atoms with van der Waals surface area (Å²) in [5.74, 6) is 0.694. The fourth-order valence-electron chi connectivity index (χ4n) is 2.65. The normalized spacial score (nSPS) is 14.3. The van der Waals surface area contributed by atoms with Gasteiger partial charge in [-0.15, -0.1) is 0 Å². The maximum atomic E-state index is 13.9. The summed E-state index contributed by atoms with van der Waals surface area (Å²) in [6.07, 6.45) is 2.42. The van der Waals surface area contributed by atoms with E-state index in [1.165, 1.54) is 18.2 Å². The molecule has 0 aliphatic heterocycles. The van der Waals surface area contributed by atoms with Gasteiger partial charge in [0.15, 0.2) is 5.82 Å². The highest BCUT2D eigenvalue weighted by atomic mass is 32.2. The van der Waals surface area contributed by atoms with Gasteiger partial charge in [0.25, 0.3) is 10.0 Å². The lowest BCUT2D eigenvalue weighted by Crippen LogP contribution is -2.15. The van der Waals surface area contributed by atoms with Crippen molar-refractivity contribution in [1.82, 2.24) is 10.1 Å². The Labute approximate surface area is 150 Å². The summed E-state index contributed by atoms with van der Waals surface area (Å²) in [7, 11) is -4.05. The minimum absolute atomic E-state index is 0.287. The summed E-state index contributed by atoms with van der Waals surface area (Å²) < 4.78 is 46.6. The number of anilines is 1. The number of halogens is 1. The first kappa shape index (κ1) is 16.7. The number of nitrogens with one attached hydrogen (secondary N) is 1. The van der Waals surface area contributed by atoms with Crippen LogP contribution in [0.15, 0.2) is 57.9 Å². The van der Waals surface area contributed by atoms with Crippen molar-refractivity contribution in [2.24, 2.45) is 0 Å². The van der Waals surface area contributed by atoms with Crippen molar-refractivity contribution >= 4 is 15.7 Å². The second kappa shape index (κ2) is 6.53. The van der Waals surface area contributed by atoms with E-state index in [-0.39, 0.29) is 6.42 Å². The van der Waals surface area contributed by atoms with Crippen LogP contribution < -0.4 is 4.72 Å². The molecule has 0 bridgehead atoms. The highest BCUT2D eigenvalue weighted by molar-refractivity contribution is 7.92. The largest absolute Gasteiger partial charge is 0.339 e. The third-order valence-corrected chi connectivity index (χ3v) is 5.55. The molecule has 134 valence electrons. The predicted molar refractivity (Wildman–Crippen MR) is 92.7 cm³/mol. The fraction of sp³-hybridized carbons (Fsp3) is 0.222. The number of nitrogens with zero attached hydrogens (tertiary/aromatic N) is 2. The van der Waals surface area contributed by atoms with Crippen molar-refractivity contribution < 1.29 is 17.3 Å². The SMILES string of the molecule is O=S(=O)(Nc1ccccc1Cc1nc(C2CC2)no1)c1ccccc1F. The van der Waals surface area contributed by atoms with E-state index in [1.807, 2.05) is 0 Å². The van der Waals surface area contributed by atoms with Crippen molar-refractivity contribution in [3.05, 3.63) is 71.6 Å². The third-order valence-electron chi connectivity index (χ3n) is 4.16. The molecule has 1 aromatic heterocycles. The maximum Gasteiger partial charge on any atom is 0.264 e. The summed E-state index contributed by atoms with van der Waals surface area (Å²) in [6, 6.07) is 12.1. The lowest BCUT2D eigenvalue weighted by Gasteiger charge is -2.12. The van der Waals surface area contributed by atoms with E-state index < -0.39 is 20.7 Å². The van der Waals surface area contributed by atoms with E-state index in [1.54, 1.807) is 24.3 Å².